The summed E-state index contributed by atoms with van der Waals surface area (Å²) in [6.45, 7) is 17.4. The Morgan fingerprint density at radius 2 is 1.36 bits per heavy atom. The van der Waals surface area contributed by atoms with Gasteiger partial charge in [0.05, 0.1) is 0 Å². The largest absolute Gasteiger partial charge is 0.307 e. The molecule has 0 amide bonds. The van der Waals surface area contributed by atoms with Crippen LogP contribution in [-0.4, -0.2) is 25.0 Å². The average Bonchev–Trinajstić information content (AvgIpc) is 2.18. The minimum Gasteiger partial charge on any atom is -0.307 e. The summed E-state index contributed by atoms with van der Waals surface area (Å²) in [6, 6.07) is 0. The first-order valence-electron chi connectivity index (χ1n) is 6.26. The molecule has 0 N–H and O–H groups in total. The van der Waals surface area contributed by atoms with Gasteiger partial charge in [-0.15, -0.1) is 0 Å². The van der Waals surface area contributed by atoms with Crippen LogP contribution in [0, 0.1) is 5.92 Å². The second-order valence-corrected chi connectivity index (χ2v) is 3.79. The molecule has 0 radical (unpaired) electrons. The standard InChI is InChI=1S/C8H19N.C3H8.C2H6/c1-5-9(4)7-6-8(2)3;1-3-2;1-2/h8H,5-7H2,1-4H3;3H2,1-2H3;1-2H3. The van der Waals surface area contributed by atoms with Crippen LogP contribution in [0.25, 0.3) is 0 Å². The lowest BCUT2D eigenvalue weighted by Gasteiger charge is -2.14. The quantitative estimate of drug-likeness (QED) is 0.653. The third-order valence-electron chi connectivity index (χ3n) is 1.63. The van der Waals surface area contributed by atoms with Crippen molar-refractivity contribution in [3.63, 3.8) is 0 Å². The number of hydrogen-bond donors (Lipinski definition) is 0. The Labute approximate surface area is 92.9 Å². The van der Waals surface area contributed by atoms with E-state index in [-0.39, 0.29) is 0 Å². The van der Waals surface area contributed by atoms with E-state index in [2.05, 4.69) is 46.6 Å². The molecule has 1 heteroatoms. The SMILES string of the molecule is CC.CCC.CCN(C)CCC(C)C. The zero-order valence-corrected chi connectivity index (χ0v) is 11.9. The fraction of sp³-hybridized carbons (Fsp3) is 1.00. The highest BCUT2D eigenvalue weighted by atomic mass is 15.1. The van der Waals surface area contributed by atoms with Gasteiger partial charge in [-0.05, 0) is 32.5 Å². The van der Waals surface area contributed by atoms with Crippen LogP contribution in [0.3, 0.4) is 0 Å². The summed E-state index contributed by atoms with van der Waals surface area (Å²) >= 11 is 0. The highest BCUT2D eigenvalue weighted by Crippen LogP contribution is 1.99. The molecule has 90 valence electrons. The van der Waals surface area contributed by atoms with E-state index in [9.17, 15) is 0 Å². The Hall–Kier alpha value is -0.0400. The summed E-state index contributed by atoms with van der Waals surface area (Å²) in [5.74, 6) is 0.846. The van der Waals surface area contributed by atoms with Crippen molar-refractivity contribution in [1.82, 2.24) is 4.90 Å². The van der Waals surface area contributed by atoms with Crippen LogP contribution in [0.15, 0.2) is 0 Å². The van der Waals surface area contributed by atoms with Gasteiger partial charge in [-0.1, -0.05) is 54.9 Å². The molecular weight excluding hydrogens is 170 g/mol. The van der Waals surface area contributed by atoms with Crippen LogP contribution < -0.4 is 0 Å². The Morgan fingerprint density at radius 1 is 1.00 bits per heavy atom. The molecule has 0 heterocycles. The molecule has 0 saturated carbocycles. The first-order chi connectivity index (χ1) is 6.58. The number of hydrogen-bond acceptors (Lipinski definition) is 1. The molecule has 0 fully saturated rings. The van der Waals surface area contributed by atoms with Crippen molar-refractivity contribution < 1.29 is 0 Å². The molecule has 0 aliphatic carbocycles. The van der Waals surface area contributed by atoms with Gasteiger partial charge in [0, 0.05) is 0 Å². The fourth-order valence-corrected chi connectivity index (χ4v) is 0.637. The maximum atomic E-state index is 2.35. The highest BCUT2D eigenvalue weighted by Gasteiger charge is 1.96. The highest BCUT2D eigenvalue weighted by molar-refractivity contribution is 4.50. The molecule has 0 aromatic carbocycles. The third-order valence-corrected chi connectivity index (χ3v) is 1.63. The van der Waals surface area contributed by atoms with E-state index in [1.807, 2.05) is 13.8 Å². The monoisotopic (exact) mass is 203 g/mol. The Kier molecular flexibility index (Phi) is 26.1. The van der Waals surface area contributed by atoms with Gasteiger partial charge in [0.1, 0.15) is 0 Å². The molecule has 0 aliphatic rings. The van der Waals surface area contributed by atoms with Gasteiger partial charge in [0.25, 0.3) is 0 Å². The van der Waals surface area contributed by atoms with Crippen molar-refractivity contribution >= 4 is 0 Å². The van der Waals surface area contributed by atoms with Crippen molar-refractivity contribution in [3.05, 3.63) is 0 Å². The normalized spacial score (nSPS) is 9.00. The van der Waals surface area contributed by atoms with E-state index in [1.165, 1.54) is 25.9 Å². The number of nitrogens with zero attached hydrogens (tertiary/aromatic N) is 1. The minimum atomic E-state index is 0.846. The average molecular weight is 203 g/mol. The lowest BCUT2D eigenvalue weighted by Crippen LogP contribution is -2.19. The lowest BCUT2D eigenvalue weighted by atomic mass is 10.1. The Balaban J connectivity index is -0.000000205. The second kappa shape index (κ2) is 18.7. The van der Waals surface area contributed by atoms with Crippen molar-refractivity contribution in [1.29, 1.82) is 0 Å². The van der Waals surface area contributed by atoms with Crippen LogP contribution in [-0.2, 0) is 0 Å². The molecule has 0 unspecified atom stereocenters. The first kappa shape index (κ1) is 19.5. The molecule has 0 atom stereocenters. The number of rotatable bonds is 4. The zero-order chi connectivity index (χ0) is 12.0. The summed E-state index contributed by atoms with van der Waals surface area (Å²) in [6.07, 6.45) is 2.57. The maximum absolute atomic E-state index is 2.35. The zero-order valence-electron chi connectivity index (χ0n) is 11.9. The summed E-state index contributed by atoms with van der Waals surface area (Å²) in [4.78, 5) is 2.35. The first-order valence-corrected chi connectivity index (χ1v) is 6.26. The van der Waals surface area contributed by atoms with Crippen molar-refractivity contribution in [2.24, 2.45) is 5.92 Å². The molecule has 0 rings (SSSR count). The smallest absolute Gasteiger partial charge is 0.00195 e. The van der Waals surface area contributed by atoms with E-state index in [1.54, 1.807) is 0 Å². The van der Waals surface area contributed by atoms with Gasteiger partial charge in [0.2, 0.25) is 0 Å². The summed E-state index contributed by atoms with van der Waals surface area (Å²) < 4.78 is 0. The third kappa shape index (κ3) is 29.7. The van der Waals surface area contributed by atoms with Gasteiger partial charge >= 0.3 is 0 Å². The van der Waals surface area contributed by atoms with Gasteiger partial charge in [-0.25, -0.2) is 0 Å². The van der Waals surface area contributed by atoms with E-state index in [0.717, 1.165) is 5.92 Å². The molecule has 0 spiro atoms. The second-order valence-electron chi connectivity index (χ2n) is 3.79. The van der Waals surface area contributed by atoms with Crippen molar-refractivity contribution in [3.8, 4) is 0 Å². The van der Waals surface area contributed by atoms with E-state index in [4.69, 9.17) is 0 Å². The fourth-order valence-electron chi connectivity index (χ4n) is 0.637. The molecule has 0 aliphatic heterocycles. The van der Waals surface area contributed by atoms with E-state index < -0.39 is 0 Å². The lowest BCUT2D eigenvalue weighted by molar-refractivity contribution is 0.326. The molecule has 0 bridgehead atoms. The van der Waals surface area contributed by atoms with Crippen LogP contribution in [0.2, 0.25) is 0 Å². The van der Waals surface area contributed by atoms with Crippen LogP contribution >= 0.6 is 0 Å². The summed E-state index contributed by atoms with van der Waals surface area (Å²) in [5, 5.41) is 0. The minimum absolute atomic E-state index is 0.846. The predicted octanol–water partition coefficient (Wildman–Crippen LogP) is 4.43. The molecule has 0 aromatic heterocycles. The maximum Gasteiger partial charge on any atom is -0.00195 e. The van der Waals surface area contributed by atoms with E-state index >= 15 is 0 Å². The van der Waals surface area contributed by atoms with Gasteiger partial charge < -0.3 is 4.90 Å². The Morgan fingerprint density at radius 3 is 1.57 bits per heavy atom. The molecule has 1 nitrogen and oxygen atoms in total. The van der Waals surface area contributed by atoms with Gasteiger partial charge in [-0.3, -0.25) is 0 Å². The molecular formula is C13H33N. The Bertz CT molecular complexity index is 69.6. The molecule has 14 heavy (non-hydrogen) atoms. The van der Waals surface area contributed by atoms with Crippen molar-refractivity contribution in [2.45, 2.75) is 61.3 Å². The van der Waals surface area contributed by atoms with Gasteiger partial charge in [-0.2, -0.15) is 0 Å². The topological polar surface area (TPSA) is 3.24 Å². The van der Waals surface area contributed by atoms with Crippen LogP contribution in [0.4, 0.5) is 0 Å². The van der Waals surface area contributed by atoms with Gasteiger partial charge in [0.15, 0.2) is 0 Å². The summed E-state index contributed by atoms with van der Waals surface area (Å²) in [5.41, 5.74) is 0. The van der Waals surface area contributed by atoms with E-state index in [0.29, 0.717) is 0 Å². The van der Waals surface area contributed by atoms with Crippen molar-refractivity contribution in [2.75, 3.05) is 20.1 Å². The molecule has 0 aromatic rings. The molecule has 0 saturated heterocycles. The van der Waals surface area contributed by atoms with Crippen LogP contribution in [0.1, 0.15) is 61.3 Å². The van der Waals surface area contributed by atoms with Crippen LogP contribution in [0.5, 0.6) is 0 Å². The predicted molar refractivity (Wildman–Crippen MR) is 69.9 cm³/mol. The summed E-state index contributed by atoms with van der Waals surface area (Å²) in [7, 11) is 2.17.